The Bertz CT molecular complexity index is 402. The third kappa shape index (κ3) is 3.21. The minimum absolute atomic E-state index is 0.332. The minimum atomic E-state index is -0.350. The van der Waals surface area contributed by atoms with Crippen LogP contribution >= 0.6 is 0 Å². The van der Waals surface area contributed by atoms with Gasteiger partial charge in [0.15, 0.2) is 6.29 Å². The minimum Gasteiger partial charge on any atom is -0.496 e. The second kappa shape index (κ2) is 6.37. The van der Waals surface area contributed by atoms with Gasteiger partial charge in [-0.2, -0.15) is 0 Å². The summed E-state index contributed by atoms with van der Waals surface area (Å²) in [6, 6.07) is 6.99. The van der Waals surface area contributed by atoms with Crippen LogP contribution in [0.1, 0.15) is 29.6 Å². The van der Waals surface area contributed by atoms with E-state index < -0.39 is 0 Å². The fourth-order valence-electron chi connectivity index (χ4n) is 1.81. The molecule has 1 heterocycles. The van der Waals surface area contributed by atoms with Gasteiger partial charge in [0, 0.05) is 13.0 Å². The number of carbonyl (C=O) groups excluding carboxylic acids is 1. The van der Waals surface area contributed by atoms with E-state index in [0.29, 0.717) is 17.9 Å². The van der Waals surface area contributed by atoms with Crippen molar-refractivity contribution >= 4 is 5.91 Å². The fraction of sp³-hybridized carbons (Fsp3) is 0.462. The van der Waals surface area contributed by atoms with Crippen molar-refractivity contribution in [2.75, 3.05) is 13.7 Å². The van der Waals surface area contributed by atoms with Crippen LogP contribution < -0.4 is 10.2 Å². The lowest BCUT2D eigenvalue weighted by molar-refractivity contribution is -0.186. The summed E-state index contributed by atoms with van der Waals surface area (Å²) in [7, 11) is 1.53. The smallest absolute Gasteiger partial charge is 0.278 e. The molecule has 1 aromatic rings. The summed E-state index contributed by atoms with van der Waals surface area (Å²) in [5, 5.41) is 0. The molecular weight excluding hydrogens is 234 g/mol. The van der Waals surface area contributed by atoms with Crippen LogP contribution in [-0.4, -0.2) is 25.9 Å². The predicted molar refractivity (Wildman–Crippen MR) is 65.1 cm³/mol. The van der Waals surface area contributed by atoms with Crippen LogP contribution in [0.25, 0.3) is 0 Å². The molecule has 1 fully saturated rings. The van der Waals surface area contributed by atoms with E-state index in [9.17, 15) is 4.79 Å². The van der Waals surface area contributed by atoms with E-state index in [1.807, 2.05) is 0 Å². The topological polar surface area (TPSA) is 56.8 Å². The molecule has 0 bridgehead atoms. The van der Waals surface area contributed by atoms with Crippen LogP contribution in [0.5, 0.6) is 5.75 Å². The molecule has 1 aliphatic heterocycles. The standard InChI is InChI=1S/C13H17NO4/c1-16-11-7-3-2-6-10(11)13(15)14-18-12-8-4-5-9-17-12/h2-3,6-7,12H,4-5,8-9H2,1H3,(H,14,15). The van der Waals surface area contributed by atoms with Crippen LogP contribution in [0.2, 0.25) is 0 Å². The quantitative estimate of drug-likeness (QED) is 0.830. The van der Waals surface area contributed by atoms with Crippen LogP contribution in [0.15, 0.2) is 24.3 Å². The van der Waals surface area contributed by atoms with Gasteiger partial charge in [0.2, 0.25) is 0 Å². The van der Waals surface area contributed by atoms with Crippen molar-refractivity contribution in [3.63, 3.8) is 0 Å². The Hall–Kier alpha value is -1.59. The van der Waals surface area contributed by atoms with Crippen molar-refractivity contribution < 1.29 is 19.1 Å². The molecule has 2 rings (SSSR count). The largest absolute Gasteiger partial charge is 0.496 e. The average Bonchev–Trinajstić information content (AvgIpc) is 2.45. The molecule has 0 aromatic heterocycles. The molecule has 0 spiro atoms. The van der Waals surface area contributed by atoms with Crippen molar-refractivity contribution in [1.29, 1.82) is 0 Å². The lowest BCUT2D eigenvalue weighted by atomic mass is 10.2. The predicted octanol–water partition coefficient (Wildman–Crippen LogP) is 1.88. The Balaban J connectivity index is 1.90. The highest BCUT2D eigenvalue weighted by atomic mass is 16.8. The molecule has 1 atom stereocenters. The first-order valence-corrected chi connectivity index (χ1v) is 6.02. The zero-order chi connectivity index (χ0) is 12.8. The third-order valence-electron chi connectivity index (χ3n) is 2.77. The first kappa shape index (κ1) is 12.9. The summed E-state index contributed by atoms with van der Waals surface area (Å²) in [5.41, 5.74) is 2.84. The van der Waals surface area contributed by atoms with Crippen molar-refractivity contribution in [3.05, 3.63) is 29.8 Å². The van der Waals surface area contributed by atoms with E-state index in [1.165, 1.54) is 7.11 Å². The van der Waals surface area contributed by atoms with E-state index in [0.717, 1.165) is 19.3 Å². The van der Waals surface area contributed by atoms with Crippen molar-refractivity contribution in [3.8, 4) is 5.75 Å². The highest BCUT2D eigenvalue weighted by Gasteiger charge is 2.17. The van der Waals surface area contributed by atoms with E-state index in [2.05, 4.69) is 5.48 Å². The van der Waals surface area contributed by atoms with Crippen LogP contribution in [0, 0.1) is 0 Å². The Labute approximate surface area is 106 Å². The van der Waals surface area contributed by atoms with Gasteiger partial charge in [-0.15, -0.1) is 0 Å². The number of rotatable bonds is 4. The lowest BCUT2D eigenvalue weighted by Gasteiger charge is -2.22. The SMILES string of the molecule is COc1ccccc1C(=O)NOC1CCCCO1. The summed E-state index contributed by atoms with van der Waals surface area (Å²) in [6.07, 6.45) is 2.54. The van der Waals surface area contributed by atoms with Crippen molar-refractivity contribution in [1.82, 2.24) is 5.48 Å². The fourth-order valence-corrected chi connectivity index (χ4v) is 1.81. The molecule has 1 aromatic carbocycles. The van der Waals surface area contributed by atoms with Gasteiger partial charge < -0.3 is 9.47 Å². The molecule has 1 saturated heterocycles. The molecule has 18 heavy (non-hydrogen) atoms. The number of methoxy groups -OCH3 is 1. The molecule has 98 valence electrons. The molecule has 5 heteroatoms. The van der Waals surface area contributed by atoms with E-state index in [1.54, 1.807) is 24.3 Å². The van der Waals surface area contributed by atoms with Gasteiger partial charge in [0.05, 0.1) is 12.7 Å². The van der Waals surface area contributed by atoms with Gasteiger partial charge in [-0.3, -0.25) is 4.79 Å². The molecule has 5 nitrogen and oxygen atoms in total. The van der Waals surface area contributed by atoms with Gasteiger partial charge in [-0.05, 0) is 25.0 Å². The summed E-state index contributed by atoms with van der Waals surface area (Å²) in [4.78, 5) is 17.1. The van der Waals surface area contributed by atoms with Gasteiger partial charge in [-0.25, -0.2) is 10.3 Å². The maximum absolute atomic E-state index is 11.9. The lowest BCUT2D eigenvalue weighted by Crippen LogP contribution is -2.33. The normalized spacial score (nSPS) is 19.3. The molecule has 1 aliphatic rings. The Kier molecular flexibility index (Phi) is 4.55. The first-order chi connectivity index (χ1) is 8.81. The summed E-state index contributed by atoms with van der Waals surface area (Å²) >= 11 is 0. The summed E-state index contributed by atoms with van der Waals surface area (Å²) in [5.74, 6) is 0.185. The highest BCUT2D eigenvalue weighted by Crippen LogP contribution is 2.17. The Morgan fingerprint density at radius 1 is 1.39 bits per heavy atom. The highest BCUT2D eigenvalue weighted by molar-refractivity contribution is 5.96. The van der Waals surface area contributed by atoms with Gasteiger partial charge in [0.25, 0.3) is 5.91 Å². The maximum atomic E-state index is 11.9. The number of benzene rings is 1. The Morgan fingerprint density at radius 3 is 2.94 bits per heavy atom. The Morgan fingerprint density at radius 2 is 2.22 bits per heavy atom. The molecule has 1 unspecified atom stereocenters. The number of hydroxylamine groups is 1. The maximum Gasteiger partial charge on any atom is 0.278 e. The molecular formula is C13H17NO4. The van der Waals surface area contributed by atoms with Crippen molar-refractivity contribution in [2.24, 2.45) is 0 Å². The van der Waals surface area contributed by atoms with Crippen molar-refractivity contribution in [2.45, 2.75) is 25.6 Å². The number of para-hydroxylation sites is 1. The van der Waals surface area contributed by atoms with Crippen LogP contribution in [0.3, 0.4) is 0 Å². The molecule has 1 amide bonds. The van der Waals surface area contributed by atoms with E-state index >= 15 is 0 Å². The van der Waals surface area contributed by atoms with E-state index in [-0.39, 0.29) is 12.2 Å². The number of hydrogen-bond acceptors (Lipinski definition) is 4. The number of hydrogen-bond donors (Lipinski definition) is 1. The zero-order valence-electron chi connectivity index (χ0n) is 10.3. The number of ether oxygens (including phenoxy) is 2. The second-order valence-corrected chi connectivity index (χ2v) is 4.05. The molecule has 1 N–H and O–H groups in total. The molecule has 0 saturated carbocycles. The van der Waals surface area contributed by atoms with Crippen LogP contribution in [0.4, 0.5) is 0 Å². The van der Waals surface area contributed by atoms with E-state index in [4.69, 9.17) is 14.3 Å². The molecule has 0 aliphatic carbocycles. The van der Waals surface area contributed by atoms with Crippen LogP contribution in [-0.2, 0) is 9.57 Å². The zero-order valence-corrected chi connectivity index (χ0v) is 10.3. The third-order valence-corrected chi connectivity index (χ3v) is 2.77. The summed E-state index contributed by atoms with van der Waals surface area (Å²) < 4.78 is 10.5. The number of nitrogens with one attached hydrogen (secondary N) is 1. The summed E-state index contributed by atoms with van der Waals surface area (Å²) in [6.45, 7) is 0.676. The first-order valence-electron chi connectivity index (χ1n) is 6.02. The molecule has 0 radical (unpaired) electrons. The number of carbonyl (C=O) groups is 1. The second-order valence-electron chi connectivity index (χ2n) is 4.05. The number of amides is 1. The van der Waals surface area contributed by atoms with Gasteiger partial charge >= 0.3 is 0 Å². The van der Waals surface area contributed by atoms with Gasteiger partial charge in [0.1, 0.15) is 5.75 Å². The monoisotopic (exact) mass is 251 g/mol. The van der Waals surface area contributed by atoms with Gasteiger partial charge in [-0.1, -0.05) is 12.1 Å². The average molecular weight is 251 g/mol.